The van der Waals surface area contributed by atoms with Gasteiger partial charge in [0.15, 0.2) is 15.4 Å². The van der Waals surface area contributed by atoms with Crippen LogP contribution < -0.4 is 5.69 Å². The van der Waals surface area contributed by atoms with Crippen LogP contribution >= 0.6 is 27.5 Å². The minimum atomic E-state index is -3.61. The summed E-state index contributed by atoms with van der Waals surface area (Å²) in [5.41, 5.74) is 1.86. The van der Waals surface area contributed by atoms with Gasteiger partial charge < -0.3 is 4.42 Å². The minimum absolute atomic E-state index is 0.0644. The SMILES string of the molecule is CCS(=O)(=O)c1ccc(-n2ncn(-c3ccc(Cl)cc3)c2=O)cc1-c1nc2cc(Br)ccc2o1. The zero-order chi connectivity index (χ0) is 24.0. The van der Waals surface area contributed by atoms with E-state index in [-0.39, 0.29) is 22.1 Å². The second kappa shape index (κ2) is 8.53. The highest BCUT2D eigenvalue weighted by molar-refractivity contribution is 9.10. The van der Waals surface area contributed by atoms with Crippen molar-refractivity contribution in [3.8, 4) is 22.8 Å². The van der Waals surface area contributed by atoms with E-state index < -0.39 is 15.5 Å². The molecule has 0 N–H and O–H groups in total. The predicted molar refractivity (Wildman–Crippen MR) is 133 cm³/mol. The topological polar surface area (TPSA) is 100.0 Å². The number of sulfone groups is 1. The fourth-order valence-corrected chi connectivity index (χ4v) is 5.06. The molecule has 11 heteroatoms. The van der Waals surface area contributed by atoms with Crippen molar-refractivity contribution in [2.45, 2.75) is 11.8 Å². The number of rotatable bonds is 5. The zero-order valence-corrected chi connectivity index (χ0v) is 20.8. The number of halogens is 2. The second-order valence-electron chi connectivity index (χ2n) is 7.39. The standard InChI is InChI=1S/C23H16BrClN4O4S/c1-2-34(31,32)21-10-8-17(12-18(21)22-27-19-11-14(24)3-9-20(19)33-22)29-23(30)28(13-26-29)16-6-4-15(25)5-7-16/h3-13H,2H2,1H3. The molecular weight excluding hydrogens is 544 g/mol. The van der Waals surface area contributed by atoms with Gasteiger partial charge in [0.05, 0.1) is 27.6 Å². The van der Waals surface area contributed by atoms with Crippen LogP contribution in [0.2, 0.25) is 5.02 Å². The fraction of sp³-hybridized carbons (Fsp3) is 0.0870. The van der Waals surface area contributed by atoms with Gasteiger partial charge in [-0.2, -0.15) is 9.78 Å². The number of hydrogen-bond acceptors (Lipinski definition) is 6. The molecule has 3 aromatic carbocycles. The number of benzene rings is 3. The smallest absolute Gasteiger partial charge is 0.355 e. The Bertz CT molecular complexity index is 1710. The summed E-state index contributed by atoms with van der Waals surface area (Å²) in [5.74, 6) is 0.0307. The van der Waals surface area contributed by atoms with Crippen molar-refractivity contribution in [3.05, 3.63) is 87.0 Å². The first kappa shape index (κ1) is 22.6. The zero-order valence-electron chi connectivity index (χ0n) is 17.6. The Morgan fingerprint density at radius 1 is 1.03 bits per heavy atom. The van der Waals surface area contributed by atoms with Crippen LogP contribution in [-0.4, -0.2) is 33.5 Å². The molecule has 5 rings (SSSR count). The number of fused-ring (bicyclic) bond motifs is 1. The lowest BCUT2D eigenvalue weighted by Gasteiger charge is -2.09. The molecule has 0 saturated carbocycles. The second-order valence-corrected chi connectivity index (χ2v) is 11.0. The first-order valence-corrected chi connectivity index (χ1v) is 13.0. The number of nitrogens with zero attached hydrogens (tertiary/aromatic N) is 4. The highest BCUT2D eigenvalue weighted by atomic mass is 79.9. The Morgan fingerprint density at radius 3 is 2.50 bits per heavy atom. The first-order chi connectivity index (χ1) is 16.3. The van der Waals surface area contributed by atoms with Gasteiger partial charge in [0.2, 0.25) is 5.89 Å². The van der Waals surface area contributed by atoms with Gasteiger partial charge in [0.25, 0.3) is 0 Å². The van der Waals surface area contributed by atoms with Gasteiger partial charge in [-0.3, -0.25) is 0 Å². The highest BCUT2D eigenvalue weighted by Crippen LogP contribution is 2.32. The van der Waals surface area contributed by atoms with Gasteiger partial charge in [0, 0.05) is 9.50 Å². The van der Waals surface area contributed by atoms with E-state index in [1.165, 1.54) is 27.7 Å². The number of aromatic nitrogens is 4. The Hall–Kier alpha value is -3.21. The molecule has 0 bridgehead atoms. The maximum absolute atomic E-state index is 13.1. The van der Waals surface area contributed by atoms with E-state index in [1.54, 1.807) is 55.5 Å². The first-order valence-electron chi connectivity index (χ1n) is 10.1. The third-order valence-electron chi connectivity index (χ3n) is 5.28. The molecule has 0 aliphatic rings. The molecule has 0 unspecified atom stereocenters. The van der Waals surface area contributed by atoms with Gasteiger partial charge in [-0.25, -0.2) is 22.8 Å². The number of hydrogen-bond donors (Lipinski definition) is 0. The van der Waals surface area contributed by atoms with Crippen molar-refractivity contribution in [3.63, 3.8) is 0 Å². The van der Waals surface area contributed by atoms with Crippen molar-refractivity contribution < 1.29 is 12.8 Å². The average molecular weight is 560 g/mol. The summed E-state index contributed by atoms with van der Waals surface area (Å²) in [6.07, 6.45) is 1.39. The van der Waals surface area contributed by atoms with Crippen molar-refractivity contribution in [1.82, 2.24) is 19.3 Å². The van der Waals surface area contributed by atoms with Gasteiger partial charge in [0.1, 0.15) is 11.8 Å². The lowest BCUT2D eigenvalue weighted by molar-refractivity contribution is 0.593. The lowest BCUT2D eigenvalue weighted by Crippen LogP contribution is -2.22. The van der Waals surface area contributed by atoms with E-state index in [2.05, 4.69) is 26.0 Å². The van der Waals surface area contributed by atoms with Crippen molar-refractivity contribution in [2.24, 2.45) is 0 Å². The molecule has 0 fully saturated rings. The van der Waals surface area contributed by atoms with Crippen molar-refractivity contribution >= 4 is 48.5 Å². The third kappa shape index (κ3) is 3.97. The van der Waals surface area contributed by atoms with E-state index in [0.717, 1.165) is 4.47 Å². The molecule has 2 heterocycles. The Morgan fingerprint density at radius 2 is 1.76 bits per heavy atom. The van der Waals surface area contributed by atoms with Crippen LogP contribution in [0.5, 0.6) is 0 Å². The monoisotopic (exact) mass is 558 g/mol. The average Bonchev–Trinajstić information content (AvgIpc) is 3.42. The lowest BCUT2D eigenvalue weighted by atomic mass is 10.2. The molecule has 0 saturated heterocycles. The van der Waals surface area contributed by atoms with Crippen LogP contribution in [-0.2, 0) is 9.84 Å². The van der Waals surface area contributed by atoms with E-state index in [0.29, 0.717) is 27.5 Å². The molecule has 0 aliphatic carbocycles. The van der Waals surface area contributed by atoms with Crippen LogP contribution in [0.3, 0.4) is 0 Å². The quantitative estimate of drug-likeness (QED) is 0.299. The highest BCUT2D eigenvalue weighted by Gasteiger charge is 2.23. The van der Waals surface area contributed by atoms with Crippen molar-refractivity contribution in [1.29, 1.82) is 0 Å². The summed E-state index contributed by atoms with van der Waals surface area (Å²) in [5, 5.41) is 4.76. The van der Waals surface area contributed by atoms with Crippen LogP contribution in [0.4, 0.5) is 0 Å². The van der Waals surface area contributed by atoms with Gasteiger partial charge in [-0.15, -0.1) is 0 Å². The van der Waals surface area contributed by atoms with Gasteiger partial charge in [-0.1, -0.05) is 34.5 Å². The van der Waals surface area contributed by atoms with E-state index in [4.69, 9.17) is 16.0 Å². The molecular formula is C23H16BrClN4O4S. The maximum atomic E-state index is 13.1. The molecule has 5 aromatic rings. The molecule has 34 heavy (non-hydrogen) atoms. The fourth-order valence-electron chi connectivity index (χ4n) is 3.52. The molecule has 172 valence electrons. The summed E-state index contributed by atoms with van der Waals surface area (Å²) in [6.45, 7) is 1.56. The largest absolute Gasteiger partial charge is 0.436 e. The predicted octanol–water partition coefficient (Wildman–Crippen LogP) is 5.04. The molecule has 0 amide bonds. The normalized spacial score (nSPS) is 11.9. The van der Waals surface area contributed by atoms with Gasteiger partial charge in [-0.05, 0) is 60.7 Å². The summed E-state index contributed by atoms with van der Waals surface area (Å²) in [7, 11) is -3.61. The van der Waals surface area contributed by atoms with E-state index in [9.17, 15) is 13.2 Å². The third-order valence-corrected chi connectivity index (χ3v) is 7.81. The summed E-state index contributed by atoms with van der Waals surface area (Å²) < 4.78 is 34.9. The molecule has 0 spiro atoms. The van der Waals surface area contributed by atoms with E-state index in [1.807, 2.05) is 0 Å². The molecule has 8 nitrogen and oxygen atoms in total. The number of oxazole rings is 1. The maximum Gasteiger partial charge on any atom is 0.355 e. The van der Waals surface area contributed by atoms with Crippen LogP contribution in [0, 0.1) is 0 Å². The molecule has 2 aromatic heterocycles. The Labute approximate surface area is 207 Å². The minimum Gasteiger partial charge on any atom is -0.436 e. The molecule has 0 atom stereocenters. The molecule has 0 radical (unpaired) electrons. The van der Waals surface area contributed by atoms with E-state index >= 15 is 0 Å². The Kier molecular flexibility index (Phi) is 5.67. The van der Waals surface area contributed by atoms with Crippen LogP contribution in [0.25, 0.3) is 33.9 Å². The summed E-state index contributed by atoms with van der Waals surface area (Å²) in [4.78, 5) is 17.6. The Balaban J connectivity index is 1.68. The summed E-state index contributed by atoms with van der Waals surface area (Å²) >= 11 is 9.34. The van der Waals surface area contributed by atoms with Crippen molar-refractivity contribution in [2.75, 3.05) is 5.75 Å². The summed E-state index contributed by atoms with van der Waals surface area (Å²) in [6, 6.07) is 16.6. The van der Waals surface area contributed by atoms with Crippen LogP contribution in [0.1, 0.15) is 6.92 Å². The van der Waals surface area contributed by atoms with Crippen LogP contribution in [0.15, 0.2) is 85.6 Å². The molecule has 0 aliphatic heterocycles. The van der Waals surface area contributed by atoms with Gasteiger partial charge >= 0.3 is 5.69 Å².